The molecule has 0 atom stereocenters. The minimum atomic E-state index is -0.415. The van der Waals surface area contributed by atoms with Crippen molar-refractivity contribution in [3.63, 3.8) is 0 Å². The molecule has 0 aliphatic heterocycles. The van der Waals surface area contributed by atoms with Crippen LogP contribution in [0.5, 0.6) is 0 Å². The third-order valence-corrected chi connectivity index (χ3v) is 2.83. The predicted octanol–water partition coefficient (Wildman–Crippen LogP) is 4.22. The van der Waals surface area contributed by atoms with E-state index in [1.165, 1.54) is 6.07 Å². The first-order valence-corrected chi connectivity index (χ1v) is 5.94. The lowest BCUT2D eigenvalue weighted by Gasteiger charge is -2.10. The number of nitrogen functional groups attached to an aromatic ring is 1. The van der Waals surface area contributed by atoms with Crippen LogP contribution in [0.3, 0.4) is 0 Å². The zero-order valence-corrected chi connectivity index (χ0v) is 10.9. The molecule has 0 aliphatic rings. The molecule has 0 aromatic heterocycles. The predicted molar refractivity (Wildman–Crippen MR) is 73.0 cm³/mol. The maximum atomic E-state index is 13.3. The molecular weight excluding hydrogens is 283 g/mol. The van der Waals surface area contributed by atoms with Gasteiger partial charge in [0.05, 0.1) is 11.4 Å². The summed E-state index contributed by atoms with van der Waals surface area (Å²) in [5.41, 5.74) is 8.34. The van der Waals surface area contributed by atoms with Gasteiger partial charge in [0.25, 0.3) is 0 Å². The number of para-hydroxylation sites is 1. The van der Waals surface area contributed by atoms with Gasteiger partial charge in [0, 0.05) is 10.2 Å². The van der Waals surface area contributed by atoms with E-state index in [1.54, 1.807) is 12.1 Å². The monoisotopic (exact) mass is 294 g/mol. The summed E-state index contributed by atoms with van der Waals surface area (Å²) in [5.74, 6) is -0.415. The fourth-order valence-electron chi connectivity index (χ4n) is 1.61. The van der Waals surface area contributed by atoms with Crippen LogP contribution in [-0.4, -0.2) is 0 Å². The molecule has 0 bridgehead atoms. The second-order valence-corrected chi connectivity index (χ2v) is 4.76. The Bertz CT molecular complexity index is 535. The lowest BCUT2D eigenvalue weighted by molar-refractivity contribution is 0.633. The van der Waals surface area contributed by atoms with E-state index in [2.05, 4.69) is 21.2 Å². The second kappa shape index (κ2) is 4.75. The largest absolute Gasteiger partial charge is 0.395 e. The van der Waals surface area contributed by atoms with E-state index < -0.39 is 5.82 Å². The molecule has 3 N–H and O–H groups in total. The summed E-state index contributed by atoms with van der Waals surface area (Å²) in [6.45, 7) is 1.99. The van der Waals surface area contributed by atoms with Crippen LogP contribution in [0.15, 0.2) is 40.9 Å². The average molecular weight is 295 g/mol. The topological polar surface area (TPSA) is 38.0 Å². The van der Waals surface area contributed by atoms with Gasteiger partial charge in [-0.15, -0.1) is 0 Å². The molecule has 0 aliphatic carbocycles. The first-order chi connectivity index (χ1) is 8.06. The van der Waals surface area contributed by atoms with E-state index in [4.69, 9.17) is 5.73 Å². The van der Waals surface area contributed by atoms with Crippen LogP contribution in [0.25, 0.3) is 0 Å². The molecule has 0 amide bonds. The van der Waals surface area contributed by atoms with Crippen molar-refractivity contribution in [1.29, 1.82) is 0 Å². The average Bonchev–Trinajstić information content (AvgIpc) is 2.23. The summed E-state index contributed by atoms with van der Waals surface area (Å²) in [6, 6.07) is 10.6. The molecular formula is C13H12BrFN2. The summed E-state index contributed by atoms with van der Waals surface area (Å²) < 4.78 is 14.2. The van der Waals surface area contributed by atoms with Crippen LogP contribution >= 0.6 is 15.9 Å². The van der Waals surface area contributed by atoms with E-state index in [1.807, 2.05) is 25.1 Å². The molecule has 2 nitrogen and oxygen atoms in total. The van der Waals surface area contributed by atoms with E-state index in [0.717, 1.165) is 15.7 Å². The Morgan fingerprint density at radius 2 is 2.00 bits per heavy atom. The second-order valence-electron chi connectivity index (χ2n) is 3.84. The summed E-state index contributed by atoms with van der Waals surface area (Å²) in [7, 11) is 0. The van der Waals surface area contributed by atoms with Gasteiger partial charge >= 0.3 is 0 Å². The molecule has 0 heterocycles. The highest BCUT2D eigenvalue weighted by Crippen LogP contribution is 2.27. The zero-order chi connectivity index (χ0) is 12.4. The van der Waals surface area contributed by atoms with Gasteiger partial charge in [0.1, 0.15) is 5.82 Å². The zero-order valence-electron chi connectivity index (χ0n) is 9.30. The first-order valence-electron chi connectivity index (χ1n) is 5.14. The van der Waals surface area contributed by atoms with Crippen LogP contribution in [0.2, 0.25) is 0 Å². The fourth-order valence-corrected chi connectivity index (χ4v) is 2.22. The minimum absolute atomic E-state index is 0.130. The van der Waals surface area contributed by atoms with Gasteiger partial charge in [0.15, 0.2) is 0 Å². The summed E-state index contributed by atoms with van der Waals surface area (Å²) in [6.07, 6.45) is 0. The molecule has 88 valence electrons. The highest BCUT2D eigenvalue weighted by molar-refractivity contribution is 9.10. The van der Waals surface area contributed by atoms with Crippen LogP contribution < -0.4 is 11.1 Å². The summed E-state index contributed by atoms with van der Waals surface area (Å²) >= 11 is 3.41. The highest BCUT2D eigenvalue weighted by atomic mass is 79.9. The number of hydrogen-bond donors (Lipinski definition) is 2. The maximum Gasteiger partial charge on any atom is 0.148 e. The molecule has 17 heavy (non-hydrogen) atoms. The summed E-state index contributed by atoms with van der Waals surface area (Å²) in [4.78, 5) is 0. The number of aryl methyl sites for hydroxylation is 1. The van der Waals surface area contributed by atoms with Gasteiger partial charge in [-0.25, -0.2) is 4.39 Å². The Morgan fingerprint density at radius 3 is 2.71 bits per heavy atom. The van der Waals surface area contributed by atoms with Gasteiger partial charge in [0.2, 0.25) is 0 Å². The Labute approximate surface area is 108 Å². The Hall–Kier alpha value is -1.55. The van der Waals surface area contributed by atoms with Crippen molar-refractivity contribution in [1.82, 2.24) is 0 Å². The minimum Gasteiger partial charge on any atom is -0.395 e. The van der Waals surface area contributed by atoms with Gasteiger partial charge < -0.3 is 11.1 Å². The molecule has 0 radical (unpaired) electrons. The van der Waals surface area contributed by atoms with Crippen molar-refractivity contribution in [2.24, 2.45) is 0 Å². The number of nitrogens with one attached hydrogen (secondary N) is 1. The van der Waals surface area contributed by atoms with Crippen LogP contribution in [0.1, 0.15) is 5.56 Å². The maximum absolute atomic E-state index is 13.3. The van der Waals surface area contributed by atoms with Gasteiger partial charge in [-0.1, -0.05) is 22.0 Å². The third kappa shape index (κ3) is 2.77. The molecule has 0 fully saturated rings. The number of rotatable bonds is 2. The number of nitrogens with two attached hydrogens (primary N) is 1. The van der Waals surface area contributed by atoms with Crippen LogP contribution in [-0.2, 0) is 0 Å². The van der Waals surface area contributed by atoms with E-state index >= 15 is 0 Å². The molecule has 2 rings (SSSR count). The van der Waals surface area contributed by atoms with Gasteiger partial charge in [-0.05, 0) is 42.8 Å². The first kappa shape index (κ1) is 11.9. The Balaban J connectivity index is 2.34. The van der Waals surface area contributed by atoms with E-state index in [-0.39, 0.29) is 5.69 Å². The fraction of sp³-hybridized carbons (Fsp3) is 0.0769. The molecule has 0 saturated heterocycles. The van der Waals surface area contributed by atoms with Crippen molar-refractivity contribution in [3.8, 4) is 0 Å². The number of hydrogen-bond acceptors (Lipinski definition) is 2. The quantitative estimate of drug-likeness (QED) is 0.814. The van der Waals surface area contributed by atoms with Gasteiger partial charge in [-0.2, -0.15) is 0 Å². The van der Waals surface area contributed by atoms with Crippen molar-refractivity contribution in [3.05, 3.63) is 52.3 Å². The molecule has 0 unspecified atom stereocenters. The third-order valence-electron chi connectivity index (χ3n) is 2.37. The van der Waals surface area contributed by atoms with E-state index in [9.17, 15) is 4.39 Å². The highest BCUT2D eigenvalue weighted by Gasteiger charge is 2.05. The lowest BCUT2D eigenvalue weighted by Crippen LogP contribution is -1.98. The SMILES string of the molecule is Cc1cc(Br)cc(Nc2cccc(F)c2N)c1. The van der Waals surface area contributed by atoms with Crippen LogP contribution in [0.4, 0.5) is 21.5 Å². The van der Waals surface area contributed by atoms with Crippen molar-refractivity contribution >= 4 is 33.0 Å². The smallest absolute Gasteiger partial charge is 0.148 e. The molecule has 0 saturated carbocycles. The number of anilines is 3. The normalized spacial score (nSPS) is 10.3. The Morgan fingerprint density at radius 1 is 1.24 bits per heavy atom. The van der Waals surface area contributed by atoms with E-state index in [0.29, 0.717) is 5.69 Å². The molecule has 2 aromatic carbocycles. The molecule has 0 spiro atoms. The number of benzene rings is 2. The lowest BCUT2D eigenvalue weighted by atomic mass is 10.2. The summed E-state index contributed by atoms with van der Waals surface area (Å²) in [5, 5.41) is 3.10. The molecule has 2 aromatic rings. The van der Waals surface area contributed by atoms with Crippen molar-refractivity contribution < 1.29 is 4.39 Å². The van der Waals surface area contributed by atoms with Gasteiger partial charge in [-0.3, -0.25) is 0 Å². The number of halogens is 2. The molecule has 4 heteroatoms. The van der Waals surface area contributed by atoms with Crippen molar-refractivity contribution in [2.45, 2.75) is 6.92 Å². The van der Waals surface area contributed by atoms with Crippen molar-refractivity contribution in [2.75, 3.05) is 11.1 Å². The Kier molecular flexibility index (Phi) is 3.33. The van der Waals surface area contributed by atoms with Crippen LogP contribution in [0, 0.1) is 12.7 Å². The standard InChI is InChI=1S/C13H12BrFN2/c1-8-5-9(14)7-10(6-8)17-12-4-2-3-11(15)13(12)16/h2-7,17H,16H2,1H3.